The highest BCUT2D eigenvalue weighted by Crippen LogP contribution is 2.51. The first-order valence-electron chi connectivity index (χ1n) is 8.78. The summed E-state index contributed by atoms with van der Waals surface area (Å²) in [7, 11) is 0. The Morgan fingerprint density at radius 2 is 2.04 bits per heavy atom. The molecule has 0 radical (unpaired) electrons. The number of ether oxygens (including phenoxy) is 1. The summed E-state index contributed by atoms with van der Waals surface area (Å²) >= 11 is 3.59. The van der Waals surface area contributed by atoms with E-state index in [1.807, 2.05) is 36.5 Å². The van der Waals surface area contributed by atoms with Crippen molar-refractivity contribution in [1.29, 1.82) is 0 Å². The third-order valence-corrected chi connectivity index (χ3v) is 6.46. The second kappa shape index (κ2) is 5.64. The van der Waals surface area contributed by atoms with E-state index in [9.17, 15) is 4.79 Å². The maximum Gasteiger partial charge on any atom is 0.254 e. The Morgan fingerprint density at radius 3 is 2.80 bits per heavy atom. The van der Waals surface area contributed by atoms with Crippen molar-refractivity contribution in [3.8, 4) is 0 Å². The van der Waals surface area contributed by atoms with Crippen LogP contribution in [0.15, 0.2) is 47.1 Å². The quantitative estimate of drug-likeness (QED) is 0.736. The van der Waals surface area contributed by atoms with E-state index in [2.05, 4.69) is 31.9 Å². The number of hydrogen-bond donors (Lipinski definition) is 0. The van der Waals surface area contributed by atoms with Crippen LogP contribution in [0.25, 0.3) is 0 Å². The second-order valence-electron chi connectivity index (χ2n) is 7.44. The molecule has 1 aromatic carbocycles. The minimum atomic E-state index is 0.0616. The Balaban J connectivity index is 1.43. The minimum absolute atomic E-state index is 0.0616. The molecule has 2 aliphatic heterocycles. The van der Waals surface area contributed by atoms with Gasteiger partial charge in [0.15, 0.2) is 0 Å². The molecular formula is C20H19BrN2O2. The van der Waals surface area contributed by atoms with Crippen molar-refractivity contribution in [1.82, 2.24) is 9.88 Å². The lowest BCUT2D eigenvalue weighted by Gasteiger charge is -2.37. The standard InChI is InChI=1S/C20H19BrN2O2/c21-16-6-3-7-22-17(16)8-18-14-4-1-2-5-15(14)19(24)23(18)11-13-9-20(10-13)12-25-20/h1-7,13,18H,8-12H2. The lowest BCUT2D eigenvalue weighted by Crippen LogP contribution is -2.42. The number of carbonyl (C=O) groups excluding carboxylic acids is 1. The van der Waals surface area contributed by atoms with Gasteiger partial charge in [-0.3, -0.25) is 9.78 Å². The Hall–Kier alpha value is -1.72. The van der Waals surface area contributed by atoms with Crippen molar-refractivity contribution in [2.24, 2.45) is 5.92 Å². The third kappa shape index (κ3) is 2.61. The first-order valence-corrected chi connectivity index (χ1v) is 9.58. The van der Waals surface area contributed by atoms with Gasteiger partial charge >= 0.3 is 0 Å². The van der Waals surface area contributed by atoms with E-state index in [1.54, 1.807) is 0 Å². The van der Waals surface area contributed by atoms with Crippen molar-refractivity contribution in [2.45, 2.75) is 30.9 Å². The molecule has 25 heavy (non-hydrogen) atoms. The van der Waals surface area contributed by atoms with Gasteiger partial charge in [0.05, 0.1) is 23.9 Å². The van der Waals surface area contributed by atoms with Gasteiger partial charge in [0.2, 0.25) is 0 Å². The summed E-state index contributed by atoms with van der Waals surface area (Å²) in [6, 6.07) is 12.0. The summed E-state index contributed by atoms with van der Waals surface area (Å²) < 4.78 is 6.53. The van der Waals surface area contributed by atoms with Gasteiger partial charge in [-0.05, 0) is 58.5 Å². The van der Waals surface area contributed by atoms with Gasteiger partial charge in [-0.25, -0.2) is 0 Å². The Morgan fingerprint density at radius 1 is 1.24 bits per heavy atom. The van der Waals surface area contributed by atoms with Crippen LogP contribution in [0.5, 0.6) is 0 Å². The number of fused-ring (bicyclic) bond motifs is 1. The van der Waals surface area contributed by atoms with Crippen LogP contribution < -0.4 is 0 Å². The summed E-state index contributed by atoms with van der Waals surface area (Å²) in [6.07, 6.45) is 4.73. The molecule has 1 saturated carbocycles. The van der Waals surface area contributed by atoms with Crippen molar-refractivity contribution in [2.75, 3.05) is 13.2 Å². The minimum Gasteiger partial charge on any atom is -0.370 e. The lowest BCUT2D eigenvalue weighted by molar-refractivity contribution is 0.0515. The number of halogens is 1. The zero-order valence-electron chi connectivity index (χ0n) is 13.8. The van der Waals surface area contributed by atoms with E-state index in [0.717, 1.165) is 53.7 Å². The monoisotopic (exact) mass is 398 g/mol. The average Bonchev–Trinajstić information content (AvgIpc) is 3.34. The number of rotatable bonds is 4. The Labute approximate surface area is 155 Å². The first kappa shape index (κ1) is 15.5. The summed E-state index contributed by atoms with van der Waals surface area (Å²) in [5.41, 5.74) is 3.15. The zero-order valence-corrected chi connectivity index (χ0v) is 15.4. The third-order valence-electron chi connectivity index (χ3n) is 5.74. The molecule has 1 amide bonds. The number of aromatic nitrogens is 1. The highest BCUT2D eigenvalue weighted by Gasteiger charge is 2.56. The van der Waals surface area contributed by atoms with Gasteiger partial charge in [-0.15, -0.1) is 0 Å². The molecule has 5 heteroatoms. The smallest absolute Gasteiger partial charge is 0.254 e. The van der Waals surface area contributed by atoms with Gasteiger partial charge in [0.25, 0.3) is 5.91 Å². The van der Waals surface area contributed by atoms with Crippen LogP contribution in [0.3, 0.4) is 0 Å². The molecule has 4 nitrogen and oxygen atoms in total. The van der Waals surface area contributed by atoms with E-state index in [0.29, 0.717) is 5.92 Å². The second-order valence-corrected chi connectivity index (χ2v) is 8.30. The fraction of sp³-hybridized carbons (Fsp3) is 0.400. The molecule has 1 aromatic heterocycles. The van der Waals surface area contributed by atoms with Crippen LogP contribution in [0, 0.1) is 5.92 Å². The van der Waals surface area contributed by atoms with Crippen molar-refractivity contribution >= 4 is 21.8 Å². The Kier molecular flexibility index (Phi) is 3.51. The van der Waals surface area contributed by atoms with Gasteiger partial charge in [0, 0.05) is 29.2 Å². The van der Waals surface area contributed by atoms with E-state index in [1.165, 1.54) is 0 Å². The van der Waals surface area contributed by atoms with E-state index >= 15 is 0 Å². The molecule has 1 saturated heterocycles. The molecule has 0 N–H and O–H groups in total. The van der Waals surface area contributed by atoms with Crippen LogP contribution >= 0.6 is 15.9 Å². The van der Waals surface area contributed by atoms with Crippen LogP contribution in [-0.2, 0) is 11.2 Å². The normalized spacial score (nSPS) is 29.6. The highest BCUT2D eigenvalue weighted by molar-refractivity contribution is 9.10. The Bertz CT molecular complexity index is 841. The summed E-state index contributed by atoms with van der Waals surface area (Å²) in [5, 5.41) is 0. The molecule has 3 heterocycles. The zero-order chi connectivity index (χ0) is 17.0. The number of pyridine rings is 1. The summed E-state index contributed by atoms with van der Waals surface area (Å²) in [6.45, 7) is 1.72. The molecule has 128 valence electrons. The molecular weight excluding hydrogens is 380 g/mol. The molecule has 1 aliphatic carbocycles. The van der Waals surface area contributed by atoms with Crippen LogP contribution in [0.1, 0.15) is 40.5 Å². The average molecular weight is 399 g/mol. The van der Waals surface area contributed by atoms with Crippen LogP contribution in [0.4, 0.5) is 0 Å². The van der Waals surface area contributed by atoms with Gasteiger partial charge in [-0.2, -0.15) is 0 Å². The number of benzene rings is 1. The van der Waals surface area contributed by atoms with Crippen molar-refractivity contribution < 1.29 is 9.53 Å². The molecule has 3 aliphatic rings. The number of nitrogens with zero attached hydrogens (tertiary/aromatic N) is 2. The largest absolute Gasteiger partial charge is 0.370 e. The van der Waals surface area contributed by atoms with Crippen molar-refractivity contribution in [3.05, 3.63) is 63.9 Å². The van der Waals surface area contributed by atoms with Crippen LogP contribution in [-0.4, -0.2) is 34.5 Å². The van der Waals surface area contributed by atoms with Crippen molar-refractivity contribution in [3.63, 3.8) is 0 Å². The molecule has 2 fully saturated rings. The summed E-state index contributed by atoms with van der Waals surface area (Å²) in [5.74, 6) is 0.709. The lowest BCUT2D eigenvalue weighted by atomic mass is 9.74. The fourth-order valence-corrected chi connectivity index (χ4v) is 4.78. The topological polar surface area (TPSA) is 45.7 Å². The summed E-state index contributed by atoms with van der Waals surface area (Å²) in [4.78, 5) is 19.6. The number of carbonyl (C=O) groups is 1. The molecule has 5 rings (SSSR count). The van der Waals surface area contributed by atoms with Crippen LogP contribution in [0.2, 0.25) is 0 Å². The molecule has 1 atom stereocenters. The highest BCUT2D eigenvalue weighted by atomic mass is 79.9. The maximum absolute atomic E-state index is 13.0. The molecule has 1 unspecified atom stereocenters. The van der Waals surface area contributed by atoms with E-state index in [-0.39, 0.29) is 17.6 Å². The maximum atomic E-state index is 13.0. The molecule has 0 bridgehead atoms. The van der Waals surface area contributed by atoms with Gasteiger partial charge < -0.3 is 9.64 Å². The predicted octanol–water partition coefficient (Wildman–Crippen LogP) is 3.76. The molecule has 1 spiro atoms. The number of epoxide rings is 1. The first-order chi connectivity index (χ1) is 12.2. The van der Waals surface area contributed by atoms with Gasteiger partial charge in [-0.1, -0.05) is 18.2 Å². The SMILES string of the molecule is O=C1c2ccccc2C(Cc2ncccc2Br)N1CC1CC2(CO2)C1. The number of amides is 1. The molecule has 2 aromatic rings. The fourth-order valence-electron chi connectivity index (χ4n) is 4.37. The van der Waals surface area contributed by atoms with E-state index < -0.39 is 0 Å². The van der Waals surface area contributed by atoms with E-state index in [4.69, 9.17) is 4.74 Å². The predicted molar refractivity (Wildman–Crippen MR) is 97.3 cm³/mol. The van der Waals surface area contributed by atoms with Gasteiger partial charge in [0.1, 0.15) is 0 Å². The number of hydrogen-bond acceptors (Lipinski definition) is 3.